The van der Waals surface area contributed by atoms with Crippen LogP contribution in [0.5, 0.6) is 0 Å². The molecule has 1 aliphatic rings. The average Bonchev–Trinajstić information content (AvgIpc) is 2.37. The molecule has 1 fully saturated rings. The fraction of sp³-hybridized carbons (Fsp3) is 0.688. The number of nitrogens with two attached hydrogens (primary N) is 1. The van der Waals surface area contributed by atoms with Gasteiger partial charge in [-0.25, -0.2) is 4.98 Å². The first-order valence-electron chi connectivity index (χ1n) is 7.57. The highest BCUT2D eigenvalue weighted by atomic mass is 15.1. The summed E-state index contributed by atoms with van der Waals surface area (Å²) < 4.78 is 0. The Bertz CT molecular complexity index is 381. The topological polar surface area (TPSA) is 42.1 Å². The number of pyridine rings is 1. The molecule has 1 aromatic heterocycles. The van der Waals surface area contributed by atoms with Crippen LogP contribution in [0.25, 0.3) is 0 Å². The quantitative estimate of drug-likeness (QED) is 0.886. The molecule has 1 aliphatic heterocycles. The lowest BCUT2D eigenvalue weighted by molar-refractivity contribution is 0.163. The molecule has 1 aromatic rings. The number of nitrogens with zero attached hydrogens (tertiary/aromatic N) is 2. The second-order valence-electron chi connectivity index (χ2n) is 6.23. The van der Waals surface area contributed by atoms with Crippen LogP contribution in [0, 0.1) is 11.8 Å². The minimum absolute atomic E-state index is 0.643. The predicted molar refractivity (Wildman–Crippen MR) is 81.0 cm³/mol. The van der Waals surface area contributed by atoms with Gasteiger partial charge in [-0.1, -0.05) is 19.9 Å². The monoisotopic (exact) mass is 261 g/mol. The van der Waals surface area contributed by atoms with Gasteiger partial charge in [0.2, 0.25) is 0 Å². The van der Waals surface area contributed by atoms with Crippen molar-refractivity contribution in [1.82, 2.24) is 9.88 Å². The van der Waals surface area contributed by atoms with Gasteiger partial charge in [0.1, 0.15) is 5.82 Å². The van der Waals surface area contributed by atoms with Crippen molar-refractivity contribution in [2.45, 2.75) is 39.5 Å². The van der Waals surface area contributed by atoms with Crippen molar-refractivity contribution < 1.29 is 0 Å². The van der Waals surface area contributed by atoms with E-state index in [9.17, 15) is 0 Å². The van der Waals surface area contributed by atoms with Gasteiger partial charge in [0.25, 0.3) is 0 Å². The number of anilines is 1. The number of nitrogen functional groups attached to an aromatic ring is 1. The van der Waals surface area contributed by atoms with Crippen molar-refractivity contribution in [1.29, 1.82) is 0 Å². The molecule has 2 rings (SSSR count). The Morgan fingerprint density at radius 2 is 2.05 bits per heavy atom. The third-order valence-corrected chi connectivity index (χ3v) is 3.97. The maximum Gasteiger partial charge on any atom is 0.123 e. The van der Waals surface area contributed by atoms with Crippen LogP contribution >= 0.6 is 0 Å². The third-order valence-electron chi connectivity index (χ3n) is 3.97. The van der Waals surface area contributed by atoms with E-state index < -0.39 is 0 Å². The molecule has 0 aromatic carbocycles. The summed E-state index contributed by atoms with van der Waals surface area (Å²) in [6, 6.07) is 5.95. The predicted octanol–water partition coefficient (Wildman–Crippen LogP) is 2.96. The standard InChI is InChI=1S/C16H27N3/c1-13(2)12-19-10-8-14(9-11-19)6-7-15-4-3-5-16(17)18-15/h3-5,13-14H,6-12H2,1-2H3,(H2,17,18). The second kappa shape index (κ2) is 6.90. The summed E-state index contributed by atoms with van der Waals surface area (Å²) in [6.07, 6.45) is 5.01. The summed E-state index contributed by atoms with van der Waals surface area (Å²) in [5.41, 5.74) is 6.86. The fourth-order valence-corrected chi connectivity index (χ4v) is 2.96. The van der Waals surface area contributed by atoms with Crippen LogP contribution in [0.2, 0.25) is 0 Å². The molecule has 0 spiro atoms. The molecule has 0 radical (unpaired) electrons. The molecule has 0 saturated carbocycles. The number of hydrogen-bond donors (Lipinski definition) is 1. The normalized spacial score (nSPS) is 18.1. The molecule has 2 heterocycles. The van der Waals surface area contributed by atoms with Crippen molar-refractivity contribution >= 4 is 5.82 Å². The van der Waals surface area contributed by atoms with Crippen LogP contribution in [0.4, 0.5) is 5.82 Å². The highest BCUT2D eigenvalue weighted by molar-refractivity contribution is 5.28. The van der Waals surface area contributed by atoms with Gasteiger partial charge in [0, 0.05) is 12.2 Å². The van der Waals surface area contributed by atoms with E-state index in [-0.39, 0.29) is 0 Å². The highest BCUT2D eigenvalue weighted by Crippen LogP contribution is 2.22. The summed E-state index contributed by atoms with van der Waals surface area (Å²) in [4.78, 5) is 6.99. The van der Waals surface area contributed by atoms with Gasteiger partial charge in [-0.2, -0.15) is 0 Å². The molecule has 0 amide bonds. The van der Waals surface area contributed by atoms with Gasteiger partial charge >= 0.3 is 0 Å². The fourth-order valence-electron chi connectivity index (χ4n) is 2.96. The number of rotatable bonds is 5. The lowest BCUT2D eigenvalue weighted by Crippen LogP contribution is -2.36. The number of aromatic nitrogens is 1. The van der Waals surface area contributed by atoms with Gasteiger partial charge in [-0.05, 0) is 62.7 Å². The first-order valence-corrected chi connectivity index (χ1v) is 7.57. The van der Waals surface area contributed by atoms with Crippen molar-refractivity contribution in [2.24, 2.45) is 11.8 Å². The molecule has 19 heavy (non-hydrogen) atoms. The number of likely N-dealkylation sites (tertiary alicyclic amines) is 1. The van der Waals surface area contributed by atoms with E-state index in [2.05, 4.69) is 29.8 Å². The van der Waals surface area contributed by atoms with Gasteiger partial charge < -0.3 is 10.6 Å². The SMILES string of the molecule is CC(C)CN1CCC(CCc2cccc(N)n2)CC1. The van der Waals surface area contributed by atoms with Crippen LogP contribution < -0.4 is 5.73 Å². The summed E-state index contributed by atoms with van der Waals surface area (Å²) in [5, 5.41) is 0. The van der Waals surface area contributed by atoms with Crippen molar-refractivity contribution in [3.05, 3.63) is 23.9 Å². The molecule has 2 N–H and O–H groups in total. The zero-order valence-electron chi connectivity index (χ0n) is 12.3. The summed E-state index contributed by atoms with van der Waals surface area (Å²) in [6.45, 7) is 8.40. The maximum atomic E-state index is 5.71. The Kier molecular flexibility index (Phi) is 5.20. The highest BCUT2D eigenvalue weighted by Gasteiger charge is 2.19. The number of hydrogen-bond acceptors (Lipinski definition) is 3. The zero-order valence-corrected chi connectivity index (χ0v) is 12.3. The minimum Gasteiger partial charge on any atom is -0.384 e. The first kappa shape index (κ1) is 14.3. The second-order valence-corrected chi connectivity index (χ2v) is 6.23. The molecule has 106 valence electrons. The molecule has 0 unspecified atom stereocenters. The maximum absolute atomic E-state index is 5.71. The van der Waals surface area contributed by atoms with Crippen molar-refractivity contribution in [3.8, 4) is 0 Å². The molecule has 1 saturated heterocycles. The zero-order chi connectivity index (χ0) is 13.7. The van der Waals surface area contributed by atoms with E-state index in [1.165, 1.54) is 38.9 Å². The van der Waals surface area contributed by atoms with E-state index in [1.54, 1.807) is 0 Å². The Labute approximate surface area is 117 Å². The van der Waals surface area contributed by atoms with Crippen LogP contribution in [0.1, 0.15) is 38.8 Å². The minimum atomic E-state index is 0.643. The van der Waals surface area contributed by atoms with E-state index >= 15 is 0 Å². The van der Waals surface area contributed by atoms with Crippen LogP contribution in [-0.4, -0.2) is 29.5 Å². The smallest absolute Gasteiger partial charge is 0.123 e. The summed E-state index contributed by atoms with van der Waals surface area (Å²) in [5.74, 6) is 2.30. The van der Waals surface area contributed by atoms with Gasteiger partial charge in [-0.3, -0.25) is 0 Å². The Morgan fingerprint density at radius 1 is 1.32 bits per heavy atom. The Morgan fingerprint density at radius 3 is 2.68 bits per heavy atom. The summed E-state index contributed by atoms with van der Waals surface area (Å²) >= 11 is 0. The van der Waals surface area contributed by atoms with Gasteiger partial charge in [-0.15, -0.1) is 0 Å². The Hall–Kier alpha value is -1.09. The first-order chi connectivity index (χ1) is 9.13. The van der Waals surface area contributed by atoms with E-state index in [1.807, 2.05) is 12.1 Å². The number of piperidine rings is 1. The molecule has 3 heteroatoms. The third kappa shape index (κ3) is 4.83. The molecule has 0 bridgehead atoms. The molecular weight excluding hydrogens is 234 g/mol. The lowest BCUT2D eigenvalue weighted by atomic mass is 9.91. The molecule has 0 atom stereocenters. The van der Waals surface area contributed by atoms with Gasteiger partial charge in [0.15, 0.2) is 0 Å². The molecular formula is C16H27N3. The molecule has 3 nitrogen and oxygen atoms in total. The van der Waals surface area contributed by atoms with Crippen molar-refractivity contribution in [2.75, 3.05) is 25.4 Å². The van der Waals surface area contributed by atoms with Crippen LogP contribution in [0.3, 0.4) is 0 Å². The van der Waals surface area contributed by atoms with E-state index in [4.69, 9.17) is 5.73 Å². The average molecular weight is 261 g/mol. The van der Waals surface area contributed by atoms with Gasteiger partial charge in [0.05, 0.1) is 0 Å². The van der Waals surface area contributed by atoms with Crippen molar-refractivity contribution in [3.63, 3.8) is 0 Å². The van der Waals surface area contributed by atoms with Crippen LogP contribution in [-0.2, 0) is 6.42 Å². The van der Waals surface area contributed by atoms with Crippen LogP contribution in [0.15, 0.2) is 18.2 Å². The Balaban J connectivity index is 1.71. The lowest BCUT2D eigenvalue weighted by Gasteiger charge is -2.33. The van der Waals surface area contributed by atoms with E-state index in [0.717, 1.165) is 24.0 Å². The largest absolute Gasteiger partial charge is 0.384 e. The molecule has 0 aliphatic carbocycles. The summed E-state index contributed by atoms with van der Waals surface area (Å²) in [7, 11) is 0. The van der Waals surface area contributed by atoms with E-state index in [0.29, 0.717) is 5.82 Å². The number of aryl methyl sites for hydroxylation is 1.